The number of benzene rings is 1. The fourth-order valence-corrected chi connectivity index (χ4v) is 3.05. The lowest BCUT2D eigenvalue weighted by atomic mass is 10.1. The number of aryl methyl sites for hydroxylation is 1. The van der Waals surface area contributed by atoms with Crippen LogP contribution in [0.3, 0.4) is 0 Å². The molecule has 0 aliphatic rings. The molecule has 0 bridgehead atoms. The van der Waals surface area contributed by atoms with Gasteiger partial charge in [0, 0.05) is 18.6 Å². The molecule has 0 amide bonds. The highest BCUT2D eigenvalue weighted by Gasteiger charge is 2.17. The molecule has 8 heteroatoms. The lowest BCUT2D eigenvalue weighted by Gasteiger charge is -2.24. The summed E-state index contributed by atoms with van der Waals surface area (Å²) in [6.45, 7) is 3.80. The van der Waals surface area contributed by atoms with Gasteiger partial charge in [0.2, 0.25) is 15.2 Å². The fraction of sp³-hybridized carbons (Fsp3) is 0.333. The van der Waals surface area contributed by atoms with E-state index in [4.69, 9.17) is 5.14 Å². The third-order valence-corrected chi connectivity index (χ3v) is 4.88. The molecule has 2 rings (SSSR count). The van der Waals surface area contributed by atoms with E-state index in [-0.39, 0.29) is 10.9 Å². The van der Waals surface area contributed by atoms with Crippen molar-refractivity contribution in [3.8, 4) is 0 Å². The second kappa shape index (κ2) is 5.47. The zero-order chi connectivity index (χ0) is 14.9. The highest BCUT2D eigenvalue weighted by Crippen LogP contribution is 2.27. The van der Waals surface area contributed by atoms with Gasteiger partial charge in [-0.25, -0.2) is 18.5 Å². The molecule has 1 unspecified atom stereocenters. The summed E-state index contributed by atoms with van der Waals surface area (Å²) >= 11 is 1.31. The van der Waals surface area contributed by atoms with Crippen molar-refractivity contribution in [3.05, 3.63) is 35.7 Å². The van der Waals surface area contributed by atoms with Crippen molar-refractivity contribution in [3.63, 3.8) is 0 Å². The monoisotopic (exact) mass is 312 g/mol. The normalized spacial score (nSPS) is 13.2. The Balaban J connectivity index is 2.31. The fourth-order valence-electron chi connectivity index (χ4n) is 1.77. The van der Waals surface area contributed by atoms with Crippen molar-refractivity contribution in [2.45, 2.75) is 24.8 Å². The number of anilines is 1. The summed E-state index contributed by atoms with van der Waals surface area (Å²) in [5, 5.41) is 5.94. The first-order valence-electron chi connectivity index (χ1n) is 5.95. The summed E-state index contributed by atoms with van der Waals surface area (Å²) in [5.74, 6) is 0.724. The van der Waals surface area contributed by atoms with E-state index in [1.54, 1.807) is 12.1 Å². The number of nitrogens with two attached hydrogens (primary N) is 1. The Labute approximate surface area is 122 Å². The lowest BCUT2D eigenvalue weighted by molar-refractivity contribution is 0.597. The van der Waals surface area contributed by atoms with Gasteiger partial charge >= 0.3 is 0 Å². The quantitative estimate of drug-likeness (QED) is 0.928. The Morgan fingerprint density at radius 3 is 2.65 bits per heavy atom. The molecule has 0 fully saturated rings. The molecule has 1 aromatic carbocycles. The molecule has 2 N–H and O–H groups in total. The second-order valence-electron chi connectivity index (χ2n) is 4.53. The minimum absolute atomic E-state index is 0.0379. The van der Waals surface area contributed by atoms with Gasteiger partial charge in [0.1, 0.15) is 5.82 Å². The van der Waals surface area contributed by atoms with E-state index in [2.05, 4.69) is 9.36 Å². The molecule has 6 nitrogen and oxygen atoms in total. The Hall–Kier alpha value is -1.51. The molecule has 0 radical (unpaired) electrons. The van der Waals surface area contributed by atoms with Crippen molar-refractivity contribution in [2.75, 3.05) is 11.9 Å². The van der Waals surface area contributed by atoms with Crippen LogP contribution in [0.1, 0.15) is 24.4 Å². The van der Waals surface area contributed by atoms with Gasteiger partial charge in [-0.1, -0.05) is 12.1 Å². The van der Waals surface area contributed by atoms with Gasteiger partial charge in [0.25, 0.3) is 0 Å². The molecule has 0 aliphatic carbocycles. The first-order chi connectivity index (χ1) is 9.29. The average molecular weight is 312 g/mol. The largest absolute Gasteiger partial charge is 0.343 e. The van der Waals surface area contributed by atoms with Crippen LogP contribution in [0.5, 0.6) is 0 Å². The van der Waals surface area contributed by atoms with Gasteiger partial charge in [-0.05, 0) is 31.5 Å². The van der Waals surface area contributed by atoms with Crippen LogP contribution in [0.2, 0.25) is 0 Å². The number of aromatic nitrogens is 2. The highest BCUT2D eigenvalue weighted by molar-refractivity contribution is 7.89. The number of sulfonamides is 1. The molecule has 2 aromatic rings. The zero-order valence-electron chi connectivity index (χ0n) is 11.4. The minimum Gasteiger partial charge on any atom is -0.343 e. The van der Waals surface area contributed by atoms with Crippen LogP contribution in [0.4, 0.5) is 5.13 Å². The van der Waals surface area contributed by atoms with E-state index < -0.39 is 10.0 Å². The predicted octanol–water partition coefficient (Wildman–Crippen LogP) is 1.69. The molecule has 108 valence electrons. The molecule has 0 aliphatic heterocycles. The Kier molecular flexibility index (Phi) is 4.07. The number of primary sulfonamides is 1. The summed E-state index contributed by atoms with van der Waals surface area (Å²) in [5.41, 5.74) is 0.854. The summed E-state index contributed by atoms with van der Waals surface area (Å²) in [4.78, 5) is 6.38. The third-order valence-electron chi connectivity index (χ3n) is 3.07. The van der Waals surface area contributed by atoms with Crippen molar-refractivity contribution >= 4 is 26.7 Å². The molecule has 0 saturated heterocycles. The minimum atomic E-state index is -3.69. The molecule has 1 atom stereocenters. The Bertz CT molecular complexity index is 712. The van der Waals surface area contributed by atoms with E-state index >= 15 is 0 Å². The van der Waals surface area contributed by atoms with E-state index in [0.29, 0.717) is 0 Å². The molecule has 0 saturated carbocycles. The van der Waals surface area contributed by atoms with Crippen LogP contribution in [0, 0.1) is 6.92 Å². The number of nitrogens with zero attached hydrogens (tertiary/aromatic N) is 3. The van der Waals surface area contributed by atoms with Gasteiger partial charge in [-0.2, -0.15) is 4.37 Å². The summed E-state index contributed by atoms with van der Waals surface area (Å²) in [6, 6.07) is 6.59. The van der Waals surface area contributed by atoms with Crippen LogP contribution in [0.15, 0.2) is 29.2 Å². The lowest BCUT2D eigenvalue weighted by Crippen LogP contribution is -2.22. The SMILES string of the molecule is Cc1nsc(N(C)C(C)c2cccc(S(N)(=O)=O)c2)n1. The van der Waals surface area contributed by atoms with Gasteiger partial charge in [-0.15, -0.1) is 0 Å². The predicted molar refractivity (Wildman–Crippen MR) is 79.3 cm³/mol. The van der Waals surface area contributed by atoms with Crippen LogP contribution >= 0.6 is 11.5 Å². The maximum atomic E-state index is 11.4. The summed E-state index contributed by atoms with van der Waals surface area (Å²) in [6.07, 6.45) is 0. The van der Waals surface area contributed by atoms with E-state index in [1.807, 2.05) is 31.9 Å². The topological polar surface area (TPSA) is 89.2 Å². The molecule has 20 heavy (non-hydrogen) atoms. The van der Waals surface area contributed by atoms with Crippen LogP contribution in [-0.2, 0) is 10.0 Å². The van der Waals surface area contributed by atoms with Crippen LogP contribution in [-0.4, -0.2) is 24.8 Å². The van der Waals surface area contributed by atoms with Gasteiger partial charge in [0.15, 0.2) is 0 Å². The molecular formula is C12H16N4O2S2. The first kappa shape index (κ1) is 14.9. The highest BCUT2D eigenvalue weighted by atomic mass is 32.2. The van der Waals surface area contributed by atoms with Crippen LogP contribution < -0.4 is 10.0 Å². The maximum absolute atomic E-state index is 11.4. The Morgan fingerprint density at radius 2 is 2.10 bits per heavy atom. The zero-order valence-corrected chi connectivity index (χ0v) is 13.1. The van der Waals surface area contributed by atoms with Crippen LogP contribution in [0.25, 0.3) is 0 Å². The smallest absolute Gasteiger partial charge is 0.238 e. The van der Waals surface area contributed by atoms with Crippen molar-refractivity contribution in [1.82, 2.24) is 9.36 Å². The Morgan fingerprint density at radius 1 is 1.40 bits per heavy atom. The van der Waals surface area contributed by atoms with E-state index in [9.17, 15) is 8.42 Å². The van der Waals surface area contributed by atoms with Gasteiger partial charge in [-0.3, -0.25) is 0 Å². The molecular weight excluding hydrogens is 296 g/mol. The third kappa shape index (κ3) is 3.14. The number of rotatable bonds is 4. The maximum Gasteiger partial charge on any atom is 0.238 e. The summed E-state index contributed by atoms with van der Waals surface area (Å²) < 4.78 is 26.9. The molecule has 0 spiro atoms. The van der Waals surface area contributed by atoms with E-state index in [0.717, 1.165) is 16.5 Å². The molecule has 1 heterocycles. The average Bonchev–Trinajstić information content (AvgIpc) is 2.83. The molecule has 1 aromatic heterocycles. The second-order valence-corrected chi connectivity index (χ2v) is 6.82. The van der Waals surface area contributed by atoms with Gasteiger partial charge < -0.3 is 4.90 Å². The van der Waals surface area contributed by atoms with Crippen molar-refractivity contribution in [1.29, 1.82) is 0 Å². The number of hydrogen-bond donors (Lipinski definition) is 1. The van der Waals surface area contributed by atoms with E-state index in [1.165, 1.54) is 17.6 Å². The first-order valence-corrected chi connectivity index (χ1v) is 8.27. The van der Waals surface area contributed by atoms with Gasteiger partial charge in [0.05, 0.1) is 10.9 Å². The summed E-state index contributed by atoms with van der Waals surface area (Å²) in [7, 11) is -1.79. The standard InChI is InChI=1S/C12H16N4O2S2/c1-8(16(3)12-14-9(2)15-19-12)10-5-4-6-11(7-10)20(13,17)18/h4-8H,1-3H3,(H2,13,17,18). The van der Waals surface area contributed by atoms with Crippen molar-refractivity contribution < 1.29 is 8.42 Å². The van der Waals surface area contributed by atoms with Crippen molar-refractivity contribution in [2.24, 2.45) is 5.14 Å². The number of hydrogen-bond acceptors (Lipinski definition) is 6.